The van der Waals surface area contributed by atoms with Crippen LogP contribution in [0.2, 0.25) is 0 Å². The van der Waals surface area contributed by atoms with Crippen LogP contribution in [0.3, 0.4) is 0 Å². The smallest absolute Gasteiger partial charge is 0.370 e. The molecule has 3 aromatic rings. The summed E-state index contributed by atoms with van der Waals surface area (Å²) in [7, 11) is 0. The Morgan fingerprint density at radius 1 is 1.12 bits per heavy atom. The number of aryl methyl sites for hydroxylation is 1. The summed E-state index contributed by atoms with van der Waals surface area (Å²) in [6.45, 7) is 6.17. The molecule has 5 heterocycles. The second kappa shape index (κ2) is 9.78. The molecule has 0 aromatic carbocycles. The number of morpholine rings is 1. The Kier molecular flexibility index (Phi) is 6.95. The van der Waals surface area contributed by atoms with Gasteiger partial charge in [-0.25, -0.2) is 4.98 Å². The molecule has 1 saturated carbocycles. The topological polar surface area (TPSA) is 92.7 Å². The highest BCUT2D eigenvalue weighted by atomic mass is 35.5. The first-order valence-corrected chi connectivity index (χ1v) is 13.4. The summed E-state index contributed by atoms with van der Waals surface area (Å²) in [6.07, 6.45) is -3.16. The molecular weight excluding hydrogens is 569 g/mol. The number of amides is 3. The van der Waals surface area contributed by atoms with Crippen LogP contribution in [0.25, 0.3) is 21.5 Å². The van der Waals surface area contributed by atoms with Crippen LogP contribution in [-0.2, 0) is 38.4 Å². The molecule has 0 spiro atoms. The number of aromatic nitrogens is 2. The lowest BCUT2D eigenvalue weighted by Crippen LogP contribution is -2.41. The van der Waals surface area contributed by atoms with Crippen LogP contribution >= 0.6 is 23.7 Å². The Morgan fingerprint density at radius 2 is 1.82 bits per heavy atom. The molecule has 1 aliphatic carbocycles. The minimum absolute atomic E-state index is 0. The number of piperidine rings is 1. The Morgan fingerprint density at radius 3 is 2.48 bits per heavy atom. The van der Waals surface area contributed by atoms with Crippen molar-refractivity contribution >= 4 is 51.7 Å². The minimum Gasteiger partial charge on any atom is -0.370 e. The van der Waals surface area contributed by atoms with E-state index in [1.165, 1.54) is 22.4 Å². The number of nitrogens with zero attached hydrogens (tertiary/aromatic N) is 4. The van der Waals surface area contributed by atoms with Gasteiger partial charge in [-0.3, -0.25) is 24.3 Å². The lowest BCUT2D eigenvalue weighted by Gasteiger charge is -2.28. The third kappa shape index (κ3) is 4.55. The zero-order valence-electron chi connectivity index (χ0n) is 21.9. The Bertz CT molecular complexity index is 1530. The quantitative estimate of drug-likeness (QED) is 0.401. The molecule has 212 valence electrons. The number of imide groups is 1. The van der Waals surface area contributed by atoms with Gasteiger partial charge in [0, 0.05) is 35.3 Å². The predicted octanol–water partition coefficient (Wildman–Crippen LogP) is 4.61. The highest BCUT2D eigenvalue weighted by Crippen LogP contribution is 2.63. The summed E-state index contributed by atoms with van der Waals surface area (Å²) in [6, 6.07) is 4.36. The first kappa shape index (κ1) is 28.4. The van der Waals surface area contributed by atoms with Crippen molar-refractivity contribution in [3.05, 3.63) is 46.1 Å². The number of rotatable bonds is 5. The van der Waals surface area contributed by atoms with E-state index in [0.717, 1.165) is 6.07 Å². The summed E-state index contributed by atoms with van der Waals surface area (Å²) in [4.78, 5) is 50.1. The number of carbonyl (C=O) groups is 3. The Labute approximate surface area is 237 Å². The van der Waals surface area contributed by atoms with Crippen molar-refractivity contribution in [2.45, 2.75) is 40.0 Å². The van der Waals surface area contributed by atoms with E-state index < -0.39 is 11.9 Å². The minimum atomic E-state index is -4.66. The largest absolute Gasteiger partial charge is 0.433 e. The molecular formula is C27H26ClF3N4O4S. The van der Waals surface area contributed by atoms with E-state index in [2.05, 4.69) is 9.97 Å². The summed E-state index contributed by atoms with van der Waals surface area (Å²) in [5.74, 6) is -1.21. The molecule has 0 N–H and O–H groups in total. The van der Waals surface area contributed by atoms with Gasteiger partial charge in [0.25, 0.3) is 0 Å². The normalized spacial score (nSPS) is 22.1. The summed E-state index contributed by atoms with van der Waals surface area (Å²) in [5.41, 5.74) is 0.635. The van der Waals surface area contributed by atoms with Gasteiger partial charge in [0.05, 0.1) is 40.9 Å². The number of hydrogen-bond donors (Lipinski definition) is 0. The van der Waals surface area contributed by atoms with Gasteiger partial charge >= 0.3 is 6.18 Å². The number of thiophene rings is 1. The molecule has 2 saturated heterocycles. The molecule has 0 bridgehead atoms. The van der Waals surface area contributed by atoms with Crippen LogP contribution < -0.4 is 0 Å². The van der Waals surface area contributed by atoms with Gasteiger partial charge in [-0.1, -0.05) is 13.8 Å². The second-order valence-corrected chi connectivity index (χ2v) is 12.0. The van der Waals surface area contributed by atoms with Gasteiger partial charge in [-0.2, -0.15) is 13.2 Å². The number of hydrogen-bond acceptors (Lipinski definition) is 7. The molecule has 2 unspecified atom stereocenters. The third-order valence-corrected chi connectivity index (χ3v) is 9.14. The van der Waals surface area contributed by atoms with E-state index in [4.69, 9.17) is 4.74 Å². The van der Waals surface area contributed by atoms with Crippen molar-refractivity contribution in [3.8, 4) is 11.3 Å². The molecule has 3 aliphatic rings. The molecule has 8 nitrogen and oxygen atoms in total. The second-order valence-electron chi connectivity index (χ2n) is 10.8. The van der Waals surface area contributed by atoms with E-state index >= 15 is 0 Å². The number of ether oxygens (including phenoxy) is 1. The maximum absolute atomic E-state index is 13.8. The van der Waals surface area contributed by atoms with E-state index in [-0.39, 0.29) is 72.8 Å². The number of pyridine rings is 2. The SMILES string of the molecule is Cc1cc(C(F)(F)F)nc(-c2ccnc3cc(CN4C(=O)C5C(C4=O)C5(C)C)sc23)c1CN1CCOCC1=O.Cl. The Hall–Kier alpha value is -3.09. The van der Waals surface area contributed by atoms with Gasteiger partial charge in [0.2, 0.25) is 17.7 Å². The number of carbonyl (C=O) groups excluding carboxylic acids is 3. The van der Waals surface area contributed by atoms with E-state index in [0.29, 0.717) is 44.9 Å². The maximum Gasteiger partial charge on any atom is 0.433 e. The molecule has 40 heavy (non-hydrogen) atoms. The van der Waals surface area contributed by atoms with Crippen LogP contribution in [0.5, 0.6) is 0 Å². The van der Waals surface area contributed by atoms with Crippen LogP contribution in [0.4, 0.5) is 13.2 Å². The van der Waals surface area contributed by atoms with Gasteiger partial charge in [0.15, 0.2) is 0 Å². The van der Waals surface area contributed by atoms with Gasteiger partial charge in [-0.05, 0) is 36.1 Å². The molecule has 6 rings (SSSR count). The molecule has 13 heteroatoms. The van der Waals surface area contributed by atoms with E-state index in [1.54, 1.807) is 24.0 Å². The van der Waals surface area contributed by atoms with Crippen molar-refractivity contribution in [1.82, 2.24) is 19.8 Å². The molecule has 0 radical (unpaired) electrons. The molecule has 3 aromatic heterocycles. The maximum atomic E-state index is 13.8. The highest BCUT2D eigenvalue weighted by molar-refractivity contribution is 7.19. The average Bonchev–Trinajstić information content (AvgIpc) is 3.10. The highest BCUT2D eigenvalue weighted by Gasteiger charge is 2.72. The fraction of sp³-hybridized carbons (Fsp3) is 0.444. The predicted molar refractivity (Wildman–Crippen MR) is 142 cm³/mol. The number of alkyl halides is 3. The zero-order chi connectivity index (χ0) is 27.9. The fourth-order valence-electron chi connectivity index (χ4n) is 5.74. The van der Waals surface area contributed by atoms with Crippen molar-refractivity contribution in [3.63, 3.8) is 0 Å². The van der Waals surface area contributed by atoms with Crippen LogP contribution in [0.1, 0.15) is 35.5 Å². The monoisotopic (exact) mass is 594 g/mol. The van der Waals surface area contributed by atoms with Gasteiger partial charge in [0.1, 0.15) is 12.3 Å². The number of halogens is 4. The van der Waals surface area contributed by atoms with Crippen LogP contribution in [0.15, 0.2) is 24.4 Å². The van der Waals surface area contributed by atoms with E-state index in [9.17, 15) is 27.6 Å². The summed E-state index contributed by atoms with van der Waals surface area (Å²) < 4.78 is 47.2. The molecule has 2 atom stereocenters. The van der Waals surface area contributed by atoms with Crippen LogP contribution in [-0.4, -0.2) is 57.2 Å². The molecule has 2 aliphatic heterocycles. The molecule has 3 fully saturated rings. The Balaban J connectivity index is 0.00000323. The van der Waals surface area contributed by atoms with E-state index in [1.807, 2.05) is 13.8 Å². The average molecular weight is 595 g/mol. The van der Waals surface area contributed by atoms with Gasteiger partial charge in [-0.15, -0.1) is 23.7 Å². The first-order valence-electron chi connectivity index (χ1n) is 12.5. The lowest BCUT2D eigenvalue weighted by molar-refractivity contribution is -0.144. The van der Waals surface area contributed by atoms with Crippen LogP contribution in [0, 0.1) is 24.2 Å². The number of likely N-dealkylation sites (tertiary alicyclic amines) is 1. The van der Waals surface area contributed by atoms with Crippen molar-refractivity contribution in [2.24, 2.45) is 17.3 Å². The lowest BCUT2D eigenvalue weighted by atomic mass is 10.00. The molecule has 3 amide bonds. The fourth-order valence-corrected chi connectivity index (χ4v) is 6.86. The standard InChI is InChI=1S/C27H25F3N4O4S.ClH/c1-13-8-18(27(28,29)30)32-22(16(13)11-33-6-7-38-12-19(33)35)15-4-5-31-17-9-14(39-23(15)17)10-34-24(36)20-21(25(34)37)26(20,2)3;/h4-5,8-9,20-21H,6-7,10-12H2,1-3H3;1H. The van der Waals surface area contributed by atoms with Gasteiger partial charge < -0.3 is 9.64 Å². The summed E-state index contributed by atoms with van der Waals surface area (Å²) in [5, 5.41) is 0. The van der Waals surface area contributed by atoms with Crippen molar-refractivity contribution in [2.75, 3.05) is 19.8 Å². The van der Waals surface area contributed by atoms with Crippen molar-refractivity contribution in [1.29, 1.82) is 0 Å². The first-order chi connectivity index (χ1) is 18.4. The summed E-state index contributed by atoms with van der Waals surface area (Å²) >= 11 is 1.27. The zero-order valence-corrected chi connectivity index (χ0v) is 23.5. The van der Waals surface area contributed by atoms with Crippen molar-refractivity contribution < 1.29 is 32.3 Å². The number of fused-ring (bicyclic) bond motifs is 2. The third-order valence-electron chi connectivity index (χ3n) is 7.99.